The Kier molecular flexibility index (Phi) is 40.7. The van der Waals surface area contributed by atoms with Gasteiger partial charge < -0.3 is 23.7 Å². The van der Waals surface area contributed by atoms with Crippen LogP contribution in [0, 0.1) is 0 Å². The fraction of sp³-hybridized carbons (Fsp3) is 0.974. The van der Waals surface area contributed by atoms with Crippen molar-refractivity contribution in [2.75, 3.05) is 59.5 Å². The van der Waals surface area contributed by atoms with Gasteiger partial charge >= 0.3 is 5.97 Å². The Hall–Kier alpha value is -0.690. The maximum absolute atomic E-state index is 11.9. The minimum absolute atomic E-state index is 0.106. The molecule has 0 saturated carbocycles. The van der Waals surface area contributed by atoms with Crippen molar-refractivity contribution in [3.05, 3.63) is 0 Å². The van der Waals surface area contributed by atoms with E-state index in [1.807, 2.05) is 0 Å². The summed E-state index contributed by atoms with van der Waals surface area (Å²) >= 11 is 0. The molecule has 45 heavy (non-hydrogen) atoms. The highest BCUT2D eigenvalue weighted by molar-refractivity contribution is 5.69. The first-order valence-electron chi connectivity index (χ1n) is 19.8. The van der Waals surface area contributed by atoms with Gasteiger partial charge in [-0.2, -0.15) is 0 Å². The molecule has 0 aliphatic heterocycles. The molecule has 0 spiro atoms. The SMILES string of the molecule is CCCCCCCCCCCCCCCCCCOC(=O)CCCOCCOCCOCCOCCCCCCCCCCC. The minimum Gasteiger partial charge on any atom is -0.466 e. The summed E-state index contributed by atoms with van der Waals surface area (Å²) in [6, 6.07) is 0. The van der Waals surface area contributed by atoms with Crippen LogP contribution < -0.4 is 0 Å². The zero-order chi connectivity index (χ0) is 32.6. The Labute approximate surface area is 280 Å². The van der Waals surface area contributed by atoms with E-state index in [0.717, 1.165) is 25.9 Å². The first-order valence-corrected chi connectivity index (χ1v) is 19.8. The molecular formula is C39H78O6. The number of carbonyl (C=O) groups is 1. The lowest BCUT2D eigenvalue weighted by Crippen LogP contribution is -2.12. The normalized spacial score (nSPS) is 11.4. The average Bonchev–Trinajstić information content (AvgIpc) is 3.05. The Morgan fingerprint density at radius 3 is 0.933 bits per heavy atom. The standard InChI is InChI=1S/C39H78O6/c1-3-5-7-9-11-13-14-15-16-17-18-19-21-23-25-27-32-45-39(40)29-28-31-42-34-36-44-38-37-43-35-33-41-30-26-24-22-20-12-10-8-6-4-2/h3-38H2,1-2H3. The van der Waals surface area contributed by atoms with E-state index >= 15 is 0 Å². The van der Waals surface area contributed by atoms with E-state index in [4.69, 9.17) is 23.7 Å². The Balaban J connectivity index is 3.14. The van der Waals surface area contributed by atoms with Crippen molar-refractivity contribution in [1.29, 1.82) is 0 Å². The van der Waals surface area contributed by atoms with Gasteiger partial charge in [0.25, 0.3) is 0 Å². The van der Waals surface area contributed by atoms with Crippen LogP contribution in [0.4, 0.5) is 0 Å². The lowest BCUT2D eigenvalue weighted by molar-refractivity contribution is -0.144. The third-order valence-electron chi connectivity index (χ3n) is 8.44. The second kappa shape index (κ2) is 41.3. The molecule has 0 heterocycles. The smallest absolute Gasteiger partial charge is 0.305 e. The molecule has 0 rings (SSSR count). The molecule has 6 heteroatoms. The maximum Gasteiger partial charge on any atom is 0.305 e. The lowest BCUT2D eigenvalue weighted by Gasteiger charge is -2.08. The highest BCUT2D eigenvalue weighted by Gasteiger charge is 2.03. The molecule has 0 saturated heterocycles. The van der Waals surface area contributed by atoms with Gasteiger partial charge in [0, 0.05) is 19.6 Å². The fourth-order valence-electron chi connectivity index (χ4n) is 5.50. The van der Waals surface area contributed by atoms with Crippen LogP contribution in [0.2, 0.25) is 0 Å². The zero-order valence-electron chi connectivity index (χ0n) is 30.4. The summed E-state index contributed by atoms with van der Waals surface area (Å²) in [5.41, 5.74) is 0. The van der Waals surface area contributed by atoms with Crippen molar-refractivity contribution in [3.63, 3.8) is 0 Å². The van der Waals surface area contributed by atoms with Gasteiger partial charge in [-0.3, -0.25) is 4.79 Å². The Bertz CT molecular complexity index is 544. The van der Waals surface area contributed by atoms with Gasteiger partial charge in [-0.1, -0.05) is 162 Å². The number of carbonyl (C=O) groups excluding carboxylic acids is 1. The first kappa shape index (κ1) is 44.3. The van der Waals surface area contributed by atoms with Crippen LogP contribution >= 0.6 is 0 Å². The van der Waals surface area contributed by atoms with Crippen molar-refractivity contribution >= 4 is 5.97 Å². The van der Waals surface area contributed by atoms with E-state index in [0.29, 0.717) is 65.7 Å². The maximum atomic E-state index is 11.9. The predicted molar refractivity (Wildman–Crippen MR) is 190 cm³/mol. The molecule has 0 bridgehead atoms. The van der Waals surface area contributed by atoms with E-state index in [-0.39, 0.29) is 5.97 Å². The zero-order valence-corrected chi connectivity index (χ0v) is 30.4. The van der Waals surface area contributed by atoms with Gasteiger partial charge in [0.15, 0.2) is 0 Å². The van der Waals surface area contributed by atoms with Crippen LogP contribution in [0.5, 0.6) is 0 Å². The molecular weight excluding hydrogens is 564 g/mol. The molecule has 0 atom stereocenters. The van der Waals surface area contributed by atoms with Crippen LogP contribution in [0.25, 0.3) is 0 Å². The third kappa shape index (κ3) is 41.3. The monoisotopic (exact) mass is 643 g/mol. The van der Waals surface area contributed by atoms with Crippen LogP contribution in [0.15, 0.2) is 0 Å². The van der Waals surface area contributed by atoms with Gasteiger partial charge in [-0.15, -0.1) is 0 Å². The number of ether oxygens (including phenoxy) is 5. The van der Waals surface area contributed by atoms with Gasteiger partial charge in [-0.05, 0) is 19.3 Å². The van der Waals surface area contributed by atoms with Crippen molar-refractivity contribution < 1.29 is 28.5 Å². The van der Waals surface area contributed by atoms with E-state index < -0.39 is 0 Å². The summed E-state index contributed by atoms with van der Waals surface area (Å²) in [6.45, 7) is 10.00. The predicted octanol–water partition coefficient (Wildman–Crippen LogP) is 11.2. The molecule has 270 valence electrons. The summed E-state index contributed by atoms with van der Waals surface area (Å²) in [4.78, 5) is 11.9. The molecule has 0 aliphatic carbocycles. The molecule has 0 unspecified atom stereocenters. The number of hydrogen-bond acceptors (Lipinski definition) is 6. The second-order valence-electron chi connectivity index (χ2n) is 12.9. The quantitative estimate of drug-likeness (QED) is 0.0489. The molecule has 0 aromatic rings. The highest BCUT2D eigenvalue weighted by Crippen LogP contribution is 2.14. The van der Waals surface area contributed by atoms with Crippen LogP contribution in [-0.2, 0) is 28.5 Å². The molecule has 0 amide bonds. The number of esters is 1. The van der Waals surface area contributed by atoms with E-state index in [2.05, 4.69) is 13.8 Å². The second-order valence-corrected chi connectivity index (χ2v) is 12.9. The summed E-state index contributed by atoms with van der Waals surface area (Å²) in [7, 11) is 0. The summed E-state index contributed by atoms with van der Waals surface area (Å²) < 4.78 is 27.7. The topological polar surface area (TPSA) is 63.2 Å². The van der Waals surface area contributed by atoms with Crippen molar-refractivity contribution in [2.45, 2.75) is 187 Å². The first-order chi connectivity index (χ1) is 22.3. The number of rotatable bonds is 40. The molecule has 0 aliphatic rings. The van der Waals surface area contributed by atoms with Crippen LogP contribution in [0.1, 0.15) is 187 Å². The van der Waals surface area contributed by atoms with Gasteiger partial charge in [0.1, 0.15) is 0 Å². The lowest BCUT2D eigenvalue weighted by atomic mass is 10.0. The van der Waals surface area contributed by atoms with Crippen molar-refractivity contribution in [2.24, 2.45) is 0 Å². The largest absolute Gasteiger partial charge is 0.466 e. The van der Waals surface area contributed by atoms with Crippen molar-refractivity contribution in [3.8, 4) is 0 Å². The third-order valence-corrected chi connectivity index (χ3v) is 8.44. The molecule has 0 fully saturated rings. The van der Waals surface area contributed by atoms with E-state index in [9.17, 15) is 4.79 Å². The molecule has 6 nitrogen and oxygen atoms in total. The Morgan fingerprint density at radius 2 is 0.578 bits per heavy atom. The van der Waals surface area contributed by atoms with Gasteiger partial charge in [0.2, 0.25) is 0 Å². The molecule has 0 aromatic heterocycles. The number of hydrogen-bond donors (Lipinski definition) is 0. The molecule has 0 radical (unpaired) electrons. The number of unbranched alkanes of at least 4 members (excludes halogenated alkanes) is 23. The summed E-state index contributed by atoms with van der Waals surface area (Å²) in [6.07, 6.45) is 34.7. The minimum atomic E-state index is -0.106. The average molecular weight is 643 g/mol. The van der Waals surface area contributed by atoms with Gasteiger partial charge in [-0.25, -0.2) is 0 Å². The highest BCUT2D eigenvalue weighted by atomic mass is 16.6. The van der Waals surface area contributed by atoms with E-state index in [1.165, 1.54) is 141 Å². The molecule has 0 N–H and O–H groups in total. The van der Waals surface area contributed by atoms with Gasteiger partial charge in [0.05, 0.1) is 46.2 Å². The summed E-state index contributed by atoms with van der Waals surface area (Å²) in [5.74, 6) is -0.106. The fourth-order valence-corrected chi connectivity index (χ4v) is 5.50. The summed E-state index contributed by atoms with van der Waals surface area (Å²) in [5, 5.41) is 0. The van der Waals surface area contributed by atoms with Crippen LogP contribution in [-0.4, -0.2) is 65.4 Å². The van der Waals surface area contributed by atoms with Crippen molar-refractivity contribution in [1.82, 2.24) is 0 Å². The van der Waals surface area contributed by atoms with E-state index in [1.54, 1.807) is 0 Å². The molecule has 0 aromatic carbocycles. The van der Waals surface area contributed by atoms with Crippen LogP contribution in [0.3, 0.4) is 0 Å². The Morgan fingerprint density at radius 1 is 0.311 bits per heavy atom.